The Kier molecular flexibility index (Phi) is 4.20. The second-order valence-electron chi connectivity index (χ2n) is 4.97. The summed E-state index contributed by atoms with van der Waals surface area (Å²) in [4.78, 5) is 16.1. The average molecular weight is 247 g/mol. The van der Waals surface area contributed by atoms with E-state index in [0.29, 0.717) is 6.54 Å². The van der Waals surface area contributed by atoms with Crippen molar-refractivity contribution in [3.63, 3.8) is 0 Å². The minimum atomic E-state index is 0.0782. The number of hydrogen-bond acceptors (Lipinski definition) is 3. The van der Waals surface area contributed by atoms with Gasteiger partial charge < -0.3 is 10.2 Å². The molecule has 0 aliphatic carbocycles. The van der Waals surface area contributed by atoms with Crippen molar-refractivity contribution < 1.29 is 4.79 Å². The maximum Gasteiger partial charge on any atom is 0.238 e. The van der Waals surface area contributed by atoms with E-state index in [1.54, 1.807) is 0 Å². The lowest BCUT2D eigenvalue weighted by atomic mass is 10.2. The molecule has 0 bridgehead atoms. The fourth-order valence-corrected chi connectivity index (χ4v) is 2.19. The Hall–Kier alpha value is -1.55. The van der Waals surface area contributed by atoms with Crippen LogP contribution in [0.25, 0.3) is 0 Å². The van der Waals surface area contributed by atoms with Crippen LogP contribution in [0.4, 0.5) is 11.4 Å². The number of benzene rings is 1. The SMILES string of the molecule is CN(C)c1ccc(NC(=O)CN2CCCC2)cc1. The summed E-state index contributed by atoms with van der Waals surface area (Å²) < 4.78 is 0. The Labute approximate surface area is 109 Å². The van der Waals surface area contributed by atoms with Crippen LogP contribution in [0.3, 0.4) is 0 Å². The minimum absolute atomic E-state index is 0.0782. The van der Waals surface area contributed by atoms with Crippen molar-refractivity contribution in [2.24, 2.45) is 0 Å². The lowest BCUT2D eigenvalue weighted by Gasteiger charge is -2.15. The van der Waals surface area contributed by atoms with Gasteiger partial charge >= 0.3 is 0 Å². The number of likely N-dealkylation sites (tertiary alicyclic amines) is 1. The van der Waals surface area contributed by atoms with Gasteiger partial charge in [0, 0.05) is 25.5 Å². The van der Waals surface area contributed by atoms with E-state index in [-0.39, 0.29) is 5.91 Å². The van der Waals surface area contributed by atoms with Gasteiger partial charge in [-0.1, -0.05) is 0 Å². The van der Waals surface area contributed by atoms with Gasteiger partial charge in [0.25, 0.3) is 0 Å². The van der Waals surface area contributed by atoms with E-state index in [1.165, 1.54) is 12.8 Å². The molecule has 4 heteroatoms. The van der Waals surface area contributed by atoms with Crippen molar-refractivity contribution in [2.45, 2.75) is 12.8 Å². The van der Waals surface area contributed by atoms with E-state index >= 15 is 0 Å². The van der Waals surface area contributed by atoms with Crippen molar-refractivity contribution in [2.75, 3.05) is 43.9 Å². The Morgan fingerprint density at radius 3 is 2.39 bits per heavy atom. The molecule has 1 aromatic rings. The monoisotopic (exact) mass is 247 g/mol. The molecule has 1 amide bonds. The Morgan fingerprint density at radius 1 is 1.22 bits per heavy atom. The summed E-state index contributed by atoms with van der Waals surface area (Å²) in [5.41, 5.74) is 2.00. The van der Waals surface area contributed by atoms with Gasteiger partial charge in [-0.25, -0.2) is 0 Å². The predicted molar refractivity (Wildman–Crippen MR) is 75.1 cm³/mol. The zero-order valence-electron chi connectivity index (χ0n) is 11.1. The molecule has 1 N–H and O–H groups in total. The third kappa shape index (κ3) is 3.47. The van der Waals surface area contributed by atoms with Crippen molar-refractivity contribution in [1.82, 2.24) is 4.90 Å². The molecule has 0 unspecified atom stereocenters. The Bertz CT molecular complexity index is 394. The molecule has 1 aromatic carbocycles. The first-order chi connectivity index (χ1) is 8.65. The van der Waals surface area contributed by atoms with Crippen LogP contribution in [0.2, 0.25) is 0 Å². The Morgan fingerprint density at radius 2 is 1.83 bits per heavy atom. The van der Waals surface area contributed by atoms with Crippen LogP contribution in [-0.2, 0) is 4.79 Å². The second-order valence-corrected chi connectivity index (χ2v) is 4.97. The van der Waals surface area contributed by atoms with Gasteiger partial charge in [0.05, 0.1) is 6.54 Å². The molecule has 4 nitrogen and oxygen atoms in total. The smallest absolute Gasteiger partial charge is 0.238 e. The van der Waals surface area contributed by atoms with Crippen LogP contribution in [0.15, 0.2) is 24.3 Å². The number of rotatable bonds is 4. The van der Waals surface area contributed by atoms with Crippen molar-refractivity contribution in [3.8, 4) is 0 Å². The molecular formula is C14H21N3O. The topological polar surface area (TPSA) is 35.6 Å². The van der Waals surface area contributed by atoms with Crippen LogP contribution < -0.4 is 10.2 Å². The summed E-state index contributed by atoms with van der Waals surface area (Å²) in [6, 6.07) is 7.89. The Balaban J connectivity index is 1.86. The lowest BCUT2D eigenvalue weighted by molar-refractivity contribution is -0.117. The van der Waals surface area contributed by atoms with Crippen molar-refractivity contribution in [3.05, 3.63) is 24.3 Å². The number of amides is 1. The summed E-state index contributed by atoms with van der Waals surface area (Å²) in [6.07, 6.45) is 2.43. The molecule has 2 rings (SSSR count). The fraction of sp³-hybridized carbons (Fsp3) is 0.500. The first-order valence-electron chi connectivity index (χ1n) is 6.45. The van der Waals surface area contributed by atoms with Gasteiger partial charge in [-0.05, 0) is 50.2 Å². The van der Waals surface area contributed by atoms with Crippen LogP contribution in [0.5, 0.6) is 0 Å². The molecule has 0 spiro atoms. The first-order valence-corrected chi connectivity index (χ1v) is 6.45. The van der Waals surface area contributed by atoms with E-state index in [4.69, 9.17) is 0 Å². The summed E-state index contributed by atoms with van der Waals surface area (Å²) in [5, 5.41) is 2.94. The number of carbonyl (C=O) groups excluding carboxylic acids is 1. The molecule has 98 valence electrons. The van der Waals surface area contributed by atoms with E-state index in [9.17, 15) is 4.79 Å². The van der Waals surface area contributed by atoms with Gasteiger partial charge in [0.1, 0.15) is 0 Å². The largest absolute Gasteiger partial charge is 0.378 e. The quantitative estimate of drug-likeness (QED) is 0.881. The van der Waals surface area contributed by atoms with E-state index < -0.39 is 0 Å². The van der Waals surface area contributed by atoms with Gasteiger partial charge in [-0.15, -0.1) is 0 Å². The molecule has 1 saturated heterocycles. The number of anilines is 2. The molecule has 0 radical (unpaired) electrons. The molecule has 0 atom stereocenters. The van der Waals surface area contributed by atoms with Crippen molar-refractivity contribution >= 4 is 17.3 Å². The fourth-order valence-electron chi connectivity index (χ4n) is 2.19. The molecule has 0 aromatic heterocycles. The van der Waals surface area contributed by atoms with Crippen LogP contribution in [0.1, 0.15) is 12.8 Å². The van der Waals surface area contributed by atoms with E-state index in [1.807, 2.05) is 43.3 Å². The number of hydrogen-bond donors (Lipinski definition) is 1. The third-order valence-electron chi connectivity index (χ3n) is 3.23. The average Bonchev–Trinajstić information content (AvgIpc) is 2.82. The molecule has 1 aliphatic rings. The van der Waals surface area contributed by atoms with Crippen LogP contribution in [-0.4, -0.2) is 44.5 Å². The first kappa shape index (κ1) is 12.9. The maximum absolute atomic E-state index is 11.8. The van der Waals surface area contributed by atoms with E-state index in [2.05, 4.69) is 10.2 Å². The molecular weight excluding hydrogens is 226 g/mol. The van der Waals surface area contributed by atoms with Gasteiger partial charge in [0.2, 0.25) is 5.91 Å². The zero-order chi connectivity index (χ0) is 13.0. The summed E-state index contributed by atoms with van der Waals surface area (Å²) in [5.74, 6) is 0.0782. The lowest BCUT2D eigenvalue weighted by Crippen LogP contribution is -2.30. The highest BCUT2D eigenvalue weighted by molar-refractivity contribution is 5.92. The molecule has 0 saturated carbocycles. The molecule has 1 heterocycles. The number of nitrogens with zero attached hydrogens (tertiary/aromatic N) is 2. The maximum atomic E-state index is 11.8. The third-order valence-corrected chi connectivity index (χ3v) is 3.23. The second kappa shape index (κ2) is 5.87. The highest BCUT2D eigenvalue weighted by Gasteiger charge is 2.14. The number of nitrogens with one attached hydrogen (secondary N) is 1. The highest BCUT2D eigenvalue weighted by atomic mass is 16.2. The van der Waals surface area contributed by atoms with Gasteiger partial charge in [0.15, 0.2) is 0 Å². The molecule has 18 heavy (non-hydrogen) atoms. The highest BCUT2D eigenvalue weighted by Crippen LogP contribution is 2.15. The molecule has 1 aliphatic heterocycles. The normalized spacial score (nSPS) is 15.7. The predicted octanol–water partition coefficient (Wildman–Crippen LogP) is 1.79. The zero-order valence-corrected chi connectivity index (χ0v) is 11.1. The number of carbonyl (C=O) groups is 1. The van der Waals surface area contributed by atoms with E-state index in [0.717, 1.165) is 24.5 Å². The standard InChI is InChI=1S/C14H21N3O/c1-16(2)13-7-5-12(6-8-13)15-14(18)11-17-9-3-4-10-17/h5-8H,3-4,9-11H2,1-2H3,(H,15,18). The van der Waals surface area contributed by atoms with Gasteiger partial charge in [-0.2, -0.15) is 0 Å². The van der Waals surface area contributed by atoms with Crippen molar-refractivity contribution in [1.29, 1.82) is 0 Å². The summed E-state index contributed by atoms with van der Waals surface area (Å²) in [7, 11) is 4.00. The van der Waals surface area contributed by atoms with Crippen LogP contribution >= 0.6 is 0 Å². The summed E-state index contributed by atoms with van der Waals surface area (Å²) in [6.45, 7) is 2.61. The molecule has 1 fully saturated rings. The van der Waals surface area contributed by atoms with Gasteiger partial charge in [-0.3, -0.25) is 9.69 Å². The minimum Gasteiger partial charge on any atom is -0.378 e. The van der Waals surface area contributed by atoms with Crippen LogP contribution in [0, 0.1) is 0 Å². The summed E-state index contributed by atoms with van der Waals surface area (Å²) >= 11 is 0.